The fraction of sp³-hybridized carbons (Fsp3) is 0.667. The second-order valence-electron chi connectivity index (χ2n) is 4.80. The number of likely N-dealkylation sites (N-methyl/N-ethyl adjacent to an activating group) is 1. The summed E-state index contributed by atoms with van der Waals surface area (Å²) in [5, 5.41) is 9.10. The fourth-order valence-corrected chi connectivity index (χ4v) is 3.98. The molecule has 0 saturated carbocycles. The fourth-order valence-electron chi connectivity index (χ4n) is 1.46. The van der Waals surface area contributed by atoms with E-state index in [0.717, 1.165) is 16.9 Å². The number of rotatable bonds is 7. The van der Waals surface area contributed by atoms with Crippen LogP contribution >= 0.6 is 11.3 Å². The summed E-state index contributed by atoms with van der Waals surface area (Å²) in [5.41, 5.74) is 0.812. The van der Waals surface area contributed by atoms with Crippen molar-refractivity contribution in [3.63, 3.8) is 0 Å². The molecular weight excluding hydrogens is 284 g/mol. The summed E-state index contributed by atoms with van der Waals surface area (Å²) in [6.45, 7) is 6.83. The second-order valence-corrected chi connectivity index (χ2v) is 7.93. The third-order valence-corrected chi connectivity index (χ3v) is 6.20. The molecular formula is C12H22N2O3S2. The highest BCUT2D eigenvalue weighted by Crippen LogP contribution is 2.25. The van der Waals surface area contributed by atoms with Gasteiger partial charge >= 0.3 is 0 Å². The van der Waals surface area contributed by atoms with Crippen LogP contribution in [0.4, 0.5) is 0 Å². The highest BCUT2D eigenvalue weighted by molar-refractivity contribution is 7.91. The Kier molecular flexibility index (Phi) is 5.94. The van der Waals surface area contributed by atoms with Gasteiger partial charge in [-0.25, -0.2) is 13.1 Å². The van der Waals surface area contributed by atoms with Crippen LogP contribution < -0.4 is 4.72 Å². The van der Waals surface area contributed by atoms with Crippen molar-refractivity contribution in [3.8, 4) is 0 Å². The number of nitrogens with zero attached hydrogens (tertiary/aromatic N) is 1. The highest BCUT2D eigenvalue weighted by Gasteiger charge is 2.18. The number of nitrogens with one attached hydrogen (secondary N) is 1. The maximum atomic E-state index is 12.1. The van der Waals surface area contributed by atoms with Crippen molar-refractivity contribution < 1.29 is 13.5 Å². The van der Waals surface area contributed by atoms with Gasteiger partial charge in [-0.05, 0) is 39.4 Å². The van der Waals surface area contributed by atoms with Crippen LogP contribution in [0.2, 0.25) is 0 Å². The number of aryl methyl sites for hydroxylation is 1. The number of thiophene rings is 1. The molecule has 0 amide bonds. The van der Waals surface area contributed by atoms with Crippen molar-refractivity contribution in [2.24, 2.45) is 0 Å². The van der Waals surface area contributed by atoms with Gasteiger partial charge in [-0.15, -0.1) is 11.3 Å². The molecule has 1 heterocycles. The predicted molar refractivity (Wildman–Crippen MR) is 77.9 cm³/mol. The van der Waals surface area contributed by atoms with Gasteiger partial charge in [0, 0.05) is 24.0 Å². The maximum Gasteiger partial charge on any atom is 0.250 e. The SMILES string of the molecule is Cc1cc(S(=O)(=O)NCCN(C)C(C)C)sc1CO. The van der Waals surface area contributed by atoms with Crippen molar-refractivity contribution in [2.45, 2.75) is 37.6 Å². The molecule has 2 N–H and O–H groups in total. The molecule has 5 nitrogen and oxygen atoms in total. The van der Waals surface area contributed by atoms with Crippen molar-refractivity contribution >= 4 is 21.4 Å². The molecule has 0 fully saturated rings. The predicted octanol–water partition coefficient (Wildman–Crippen LogP) is 1.17. The van der Waals surface area contributed by atoms with Crippen LogP contribution in [0.1, 0.15) is 24.3 Å². The third kappa shape index (κ3) is 4.54. The normalized spacial score (nSPS) is 12.6. The zero-order valence-corrected chi connectivity index (χ0v) is 13.4. The van der Waals surface area contributed by atoms with Crippen LogP contribution in [0.3, 0.4) is 0 Å². The number of aliphatic hydroxyl groups excluding tert-OH is 1. The molecule has 19 heavy (non-hydrogen) atoms. The Morgan fingerprint density at radius 1 is 1.47 bits per heavy atom. The number of aliphatic hydroxyl groups is 1. The molecule has 0 radical (unpaired) electrons. The van der Waals surface area contributed by atoms with Crippen LogP contribution in [-0.4, -0.2) is 44.6 Å². The van der Waals surface area contributed by atoms with Crippen LogP contribution in [0, 0.1) is 6.92 Å². The first kappa shape index (κ1) is 16.6. The molecule has 1 aromatic rings. The molecule has 0 atom stereocenters. The van der Waals surface area contributed by atoms with Crippen molar-refractivity contribution in [1.82, 2.24) is 9.62 Å². The zero-order chi connectivity index (χ0) is 14.6. The van der Waals surface area contributed by atoms with E-state index in [2.05, 4.69) is 23.5 Å². The van der Waals surface area contributed by atoms with E-state index in [1.807, 2.05) is 7.05 Å². The molecule has 0 aliphatic carbocycles. The first-order valence-electron chi connectivity index (χ1n) is 6.18. The maximum absolute atomic E-state index is 12.1. The van der Waals surface area contributed by atoms with Gasteiger partial charge in [-0.3, -0.25) is 0 Å². The van der Waals surface area contributed by atoms with Crippen LogP contribution in [0.5, 0.6) is 0 Å². The van der Waals surface area contributed by atoms with E-state index in [-0.39, 0.29) is 10.8 Å². The Morgan fingerprint density at radius 3 is 2.58 bits per heavy atom. The van der Waals surface area contributed by atoms with Gasteiger partial charge in [-0.2, -0.15) is 0 Å². The van der Waals surface area contributed by atoms with Gasteiger partial charge in [0.2, 0.25) is 10.0 Å². The average molecular weight is 306 g/mol. The minimum Gasteiger partial charge on any atom is -0.391 e. The molecule has 1 aromatic heterocycles. The lowest BCUT2D eigenvalue weighted by molar-refractivity contribution is 0.278. The summed E-state index contributed by atoms with van der Waals surface area (Å²) in [6.07, 6.45) is 0. The average Bonchev–Trinajstić information content (AvgIpc) is 2.70. The standard InChI is InChI=1S/C12H22N2O3S2/c1-9(2)14(4)6-5-13-19(16,17)12-7-10(3)11(8-15)18-12/h7,9,13,15H,5-6,8H2,1-4H3. The molecule has 7 heteroatoms. The summed E-state index contributed by atoms with van der Waals surface area (Å²) >= 11 is 1.12. The smallest absolute Gasteiger partial charge is 0.250 e. The molecule has 110 valence electrons. The number of hydrogen-bond donors (Lipinski definition) is 2. The van der Waals surface area contributed by atoms with Gasteiger partial charge in [0.05, 0.1) is 6.61 Å². The first-order chi connectivity index (χ1) is 8.77. The van der Waals surface area contributed by atoms with Gasteiger partial charge in [0.25, 0.3) is 0 Å². The van der Waals surface area contributed by atoms with E-state index in [9.17, 15) is 8.42 Å². The summed E-state index contributed by atoms with van der Waals surface area (Å²) in [6, 6.07) is 1.99. The van der Waals surface area contributed by atoms with E-state index >= 15 is 0 Å². The minimum atomic E-state index is -3.46. The summed E-state index contributed by atoms with van der Waals surface area (Å²) in [5.74, 6) is 0. The summed E-state index contributed by atoms with van der Waals surface area (Å²) in [7, 11) is -1.51. The molecule has 0 unspecified atom stereocenters. The zero-order valence-electron chi connectivity index (χ0n) is 11.8. The van der Waals surface area contributed by atoms with Crippen molar-refractivity contribution in [1.29, 1.82) is 0 Å². The van der Waals surface area contributed by atoms with Crippen molar-refractivity contribution in [2.75, 3.05) is 20.1 Å². The third-order valence-electron chi connectivity index (χ3n) is 3.04. The topological polar surface area (TPSA) is 69.6 Å². The van der Waals surface area contributed by atoms with Gasteiger partial charge < -0.3 is 10.0 Å². The molecule has 0 aliphatic rings. The lowest BCUT2D eigenvalue weighted by Crippen LogP contribution is -2.35. The Bertz CT molecular complexity index is 509. The van der Waals surface area contributed by atoms with E-state index in [1.54, 1.807) is 13.0 Å². The highest BCUT2D eigenvalue weighted by atomic mass is 32.2. The Labute approximate surface area is 119 Å². The first-order valence-corrected chi connectivity index (χ1v) is 8.48. The monoisotopic (exact) mass is 306 g/mol. The largest absolute Gasteiger partial charge is 0.391 e. The Hall–Kier alpha value is -0.470. The van der Waals surface area contributed by atoms with E-state index in [0.29, 0.717) is 24.0 Å². The summed E-state index contributed by atoms with van der Waals surface area (Å²) in [4.78, 5) is 2.76. The molecule has 0 saturated heterocycles. The lowest BCUT2D eigenvalue weighted by atomic mass is 10.3. The quantitative estimate of drug-likeness (QED) is 0.793. The second kappa shape index (κ2) is 6.81. The molecule has 0 bridgehead atoms. The Balaban J connectivity index is 2.65. The van der Waals surface area contributed by atoms with Crippen LogP contribution in [0.25, 0.3) is 0 Å². The van der Waals surface area contributed by atoms with E-state index in [1.165, 1.54) is 0 Å². The number of hydrogen-bond acceptors (Lipinski definition) is 5. The molecule has 0 spiro atoms. The van der Waals surface area contributed by atoms with E-state index < -0.39 is 10.0 Å². The van der Waals surface area contributed by atoms with Gasteiger partial charge in [0.15, 0.2) is 0 Å². The van der Waals surface area contributed by atoms with Gasteiger partial charge in [0.1, 0.15) is 4.21 Å². The minimum absolute atomic E-state index is 0.123. The Morgan fingerprint density at radius 2 is 2.11 bits per heavy atom. The van der Waals surface area contributed by atoms with E-state index in [4.69, 9.17) is 5.11 Å². The molecule has 1 rings (SSSR count). The lowest BCUT2D eigenvalue weighted by Gasteiger charge is -2.20. The van der Waals surface area contributed by atoms with Crippen LogP contribution in [0.15, 0.2) is 10.3 Å². The molecule has 0 aromatic carbocycles. The number of sulfonamides is 1. The molecule has 0 aliphatic heterocycles. The van der Waals surface area contributed by atoms with Crippen LogP contribution in [-0.2, 0) is 16.6 Å². The van der Waals surface area contributed by atoms with Gasteiger partial charge in [-0.1, -0.05) is 0 Å². The summed E-state index contributed by atoms with van der Waals surface area (Å²) < 4.78 is 27.0. The van der Waals surface area contributed by atoms with Crippen molar-refractivity contribution in [3.05, 3.63) is 16.5 Å².